The number of pyridine rings is 1. The van der Waals surface area contributed by atoms with Crippen LogP contribution in [0.25, 0.3) is 0 Å². The second kappa shape index (κ2) is 6.64. The van der Waals surface area contributed by atoms with Crippen LogP contribution < -0.4 is 5.32 Å². The van der Waals surface area contributed by atoms with Crippen molar-refractivity contribution < 1.29 is 9.72 Å². The average Bonchev–Trinajstić information content (AvgIpc) is 2.41. The third-order valence-corrected chi connectivity index (χ3v) is 3.31. The van der Waals surface area contributed by atoms with E-state index in [0.29, 0.717) is 0 Å². The fraction of sp³-hybridized carbons (Fsp3) is 0.0769. The van der Waals surface area contributed by atoms with E-state index in [9.17, 15) is 14.9 Å². The van der Waals surface area contributed by atoms with Gasteiger partial charge in [-0.05, 0) is 23.8 Å². The van der Waals surface area contributed by atoms with Crippen LogP contribution in [0.15, 0.2) is 40.9 Å². The molecule has 1 aromatic heterocycles. The number of halogens is 2. The lowest BCUT2D eigenvalue weighted by atomic mass is 10.1. The first kappa shape index (κ1) is 15.4. The standard InChI is InChI=1S/C13H9BrClN3O3/c14-9-3-1-8(2-4-9)7-12(19)17-13-10(18(20)21)5-6-11(15)16-13/h1-6H,7H2,(H,16,17,19). The van der Waals surface area contributed by atoms with E-state index in [-0.39, 0.29) is 23.1 Å². The molecule has 0 unspecified atom stereocenters. The van der Waals surface area contributed by atoms with Crippen molar-refractivity contribution in [2.75, 3.05) is 5.32 Å². The van der Waals surface area contributed by atoms with E-state index in [1.165, 1.54) is 12.1 Å². The molecule has 0 aliphatic rings. The van der Waals surface area contributed by atoms with Gasteiger partial charge in [0.05, 0.1) is 11.3 Å². The summed E-state index contributed by atoms with van der Waals surface area (Å²) < 4.78 is 0.902. The number of nitrogens with zero attached hydrogens (tertiary/aromatic N) is 2. The minimum absolute atomic E-state index is 0.0690. The zero-order valence-electron chi connectivity index (χ0n) is 10.5. The smallest absolute Gasteiger partial charge is 0.305 e. The molecule has 108 valence electrons. The van der Waals surface area contributed by atoms with Gasteiger partial charge in [0.25, 0.3) is 0 Å². The van der Waals surface area contributed by atoms with Crippen LogP contribution in [0.1, 0.15) is 5.56 Å². The first-order chi connectivity index (χ1) is 9.95. The predicted molar refractivity (Wildman–Crippen MR) is 82.4 cm³/mol. The fourth-order valence-corrected chi connectivity index (χ4v) is 2.04. The summed E-state index contributed by atoms with van der Waals surface area (Å²) >= 11 is 8.99. The molecule has 0 aliphatic carbocycles. The van der Waals surface area contributed by atoms with Crippen LogP contribution in [0, 0.1) is 10.1 Å². The van der Waals surface area contributed by atoms with Gasteiger partial charge in [0, 0.05) is 10.5 Å². The maximum Gasteiger partial charge on any atom is 0.311 e. The molecule has 0 bridgehead atoms. The van der Waals surface area contributed by atoms with Crippen molar-refractivity contribution in [3.8, 4) is 0 Å². The van der Waals surface area contributed by atoms with Crippen LogP contribution in [0.5, 0.6) is 0 Å². The Morgan fingerprint density at radius 2 is 1.95 bits per heavy atom. The molecule has 1 heterocycles. The zero-order chi connectivity index (χ0) is 15.4. The molecular formula is C13H9BrClN3O3. The van der Waals surface area contributed by atoms with Crippen LogP contribution in [0.4, 0.5) is 11.5 Å². The van der Waals surface area contributed by atoms with Crippen LogP contribution >= 0.6 is 27.5 Å². The molecule has 1 amide bonds. The van der Waals surface area contributed by atoms with Crippen molar-refractivity contribution in [3.63, 3.8) is 0 Å². The van der Waals surface area contributed by atoms with Gasteiger partial charge in [-0.2, -0.15) is 0 Å². The second-order valence-corrected chi connectivity index (χ2v) is 5.41. The maximum atomic E-state index is 11.9. The number of hydrogen-bond donors (Lipinski definition) is 1. The van der Waals surface area contributed by atoms with E-state index in [2.05, 4.69) is 26.2 Å². The minimum atomic E-state index is -0.626. The van der Waals surface area contributed by atoms with Gasteiger partial charge in [-0.15, -0.1) is 0 Å². The fourth-order valence-electron chi connectivity index (χ4n) is 1.63. The van der Waals surface area contributed by atoms with Gasteiger partial charge >= 0.3 is 5.69 Å². The molecule has 6 nitrogen and oxygen atoms in total. The molecule has 0 saturated carbocycles. The van der Waals surface area contributed by atoms with Crippen molar-refractivity contribution in [3.05, 3.63) is 61.7 Å². The number of nitrogens with one attached hydrogen (secondary N) is 1. The number of carbonyl (C=O) groups is 1. The minimum Gasteiger partial charge on any atom is -0.305 e. The van der Waals surface area contributed by atoms with Crippen molar-refractivity contribution in [1.29, 1.82) is 0 Å². The Hall–Kier alpha value is -1.99. The van der Waals surface area contributed by atoms with Crippen molar-refractivity contribution in [1.82, 2.24) is 4.98 Å². The topological polar surface area (TPSA) is 85.1 Å². The highest BCUT2D eigenvalue weighted by Gasteiger charge is 2.18. The summed E-state index contributed by atoms with van der Waals surface area (Å²) in [6, 6.07) is 9.67. The Bertz CT molecular complexity index is 692. The average molecular weight is 371 g/mol. The van der Waals surface area contributed by atoms with E-state index in [1.54, 1.807) is 12.1 Å². The van der Waals surface area contributed by atoms with E-state index in [0.717, 1.165) is 10.0 Å². The highest BCUT2D eigenvalue weighted by Crippen LogP contribution is 2.24. The van der Waals surface area contributed by atoms with E-state index >= 15 is 0 Å². The lowest BCUT2D eigenvalue weighted by molar-refractivity contribution is -0.384. The Kier molecular flexibility index (Phi) is 4.87. The molecular weight excluding hydrogens is 362 g/mol. The zero-order valence-corrected chi connectivity index (χ0v) is 12.9. The summed E-state index contributed by atoms with van der Waals surface area (Å²) in [5, 5.41) is 13.4. The Morgan fingerprint density at radius 1 is 1.29 bits per heavy atom. The Morgan fingerprint density at radius 3 is 2.57 bits per heavy atom. The molecule has 0 fully saturated rings. The van der Waals surface area contributed by atoms with Gasteiger partial charge < -0.3 is 5.32 Å². The van der Waals surface area contributed by atoms with E-state index in [4.69, 9.17) is 11.6 Å². The molecule has 0 spiro atoms. The summed E-state index contributed by atoms with van der Waals surface area (Å²) in [6.07, 6.45) is 0.0820. The third-order valence-electron chi connectivity index (χ3n) is 2.57. The molecule has 8 heteroatoms. The van der Waals surface area contributed by atoms with Crippen molar-refractivity contribution in [2.45, 2.75) is 6.42 Å². The van der Waals surface area contributed by atoms with Crippen LogP contribution in [0.3, 0.4) is 0 Å². The first-order valence-electron chi connectivity index (χ1n) is 5.81. The monoisotopic (exact) mass is 369 g/mol. The summed E-state index contributed by atoms with van der Waals surface area (Å²) in [5.74, 6) is -0.565. The lowest BCUT2D eigenvalue weighted by Crippen LogP contribution is -2.16. The van der Waals surface area contributed by atoms with Gasteiger partial charge in [-0.1, -0.05) is 39.7 Å². The van der Waals surface area contributed by atoms with E-state index < -0.39 is 10.8 Å². The normalized spacial score (nSPS) is 10.2. The molecule has 2 rings (SSSR count). The summed E-state index contributed by atoms with van der Waals surface area (Å²) in [5.41, 5.74) is 0.476. The lowest BCUT2D eigenvalue weighted by Gasteiger charge is -2.05. The number of rotatable bonds is 4. The number of carbonyl (C=O) groups excluding carboxylic acids is 1. The molecule has 0 saturated heterocycles. The summed E-state index contributed by atoms with van der Waals surface area (Å²) in [6.45, 7) is 0. The van der Waals surface area contributed by atoms with Gasteiger partial charge in [-0.25, -0.2) is 4.98 Å². The summed E-state index contributed by atoms with van der Waals surface area (Å²) in [7, 11) is 0. The SMILES string of the molecule is O=C(Cc1ccc(Br)cc1)Nc1nc(Cl)ccc1[N+](=O)[O-]. The number of amides is 1. The Balaban J connectivity index is 2.14. The van der Waals surface area contributed by atoms with Crippen LogP contribution in [-0.4, -0.2) is 15.8 Å². The van der Waals surface area contributed by atoms with Gasteiger partial charge in [0.2, 0.25) is 11.7 Å². The number of nitro groups is 1. The van der Waals surface area contributed by atoms with Crippen molar-refractivity contribution >= 4 is 44.9 Å². The van der Waals surface area contributed by atoms with Gasteiger partial charge in [0.1, 0.15) is 5.15 Å². The highest BCUT2D eigenvalue weighted by molar-refractivity contribution is 9.10. The van der Waals surface area contributed by atoms with E-state index in [1.807, 2.05) is 12.1 Å². The van der Waals surface area contributed by atoms with Crippen LogP contribution in [-0.2, 0) is 11.2 Å². The molecule has 1 aromatic carbocycles. The Labute approximate surface area is 133 Å². The molecule has 21 heavy (non-hydrogen) atoms. The van der Waals surface area contributed by atoms with Crippen LogP contribution in [0.2, 0.25) is 5.15 Å². The second-order valence-electron chi connectivity index (χ2n) is 4.11. The van der Waals surface area contributed by atoms with Crippen molar-refractivity contribution in [2.24, 2.45) is 0 Å². The summed E-state index contributed by atoms with van der Waals surface area (Å²) in [4.78, 5) is 25.9. The highest BCUT2D eigenvalue weighted by atomic mass is 79.9. The first-order valence-corrected chi connectivity index (χ1v) is 6.98. The molecule has 2 aromatic rings. The largest absolute Gasteiger partial charge is 0.311 e. The maximum absolute atomic E-state index is 11.9. The third kappa shape index (κ3) is 4.24. The number of benzene rings is 1. The quantitative estimate of drug-likeness (QED) is 0.506. The predicted octanol–water partition coefficient (Wildman–Crippen LogP) is 3.59. The van der Waals surface area contributed by atoms with Gasteiger partial charge in [0.15, 0.2) is 0 Å². The molecule has 1 N–H and O–H groups in total. The number of hydrogen-bond acceptors (Lipinski definition) is 4. The molecule has 0 atom stereocenters. The number of anilines is 1. The van der Waals surface area contributed by atoms with Gasteiger partial charge in [-0.3, -0.25) is 14.9 Å². The number of aromatic nitrogens is 1. The molecule has 0 radical (unpaired) electrons. The molecule has 0 aliphatic heterocycles.